The number of benzene rings is 2. The molecule has 1 aliphatic rings. The molecule has 1 atom stereocenters. The van der Waals surface area contributed by atoms with Crippen LogP contribution in [-0.4, -0.2) is 23.9 Å². The summed E-state index contributed by atoms with van der Waals surface area (Å²) in [6.45, 7) is 0. The number of nitrogens with one attached hydrogen (secondary N) is 2. The molecular weight excluding hydrogens is 373 g/mol. The summed E-state index contributed by atoms with van der Waals surface area (Å²) in [7, 11) is 1.40. The van der Waals surface area contributed by atoms with Gasteiger partial charge in [-0.1, -0.05) is 12.1 Å². The Kier molecular flexibility index (Phi) is 4.95. The highest BCUT2D eigenvalue weighted by atomic mass is 19.1. The van der Waals surface area contributed by atoms with Gasteiger partial charge < -0.3 is 15.4 Å². The molecule has 1 aliphatic heterocycles. The van der Waals surface area contributed by atoms with E-state index in [1.54, 1.807) is 42.6 Å². The molecule has 2 N–H and O–H groups in total. The minimum Gasteiger partial charge on any atom is -0.494 e. The lowest BCUT2D eigenvalue weighted by Crippen LogP contribution is -2.24. The highest BCUT2D eigenvalue weighted by Gasteiger charge is 2.27. The van der Waals surface area contributed by atoms with Crippen molar-refractivity contribution in [2.45, 2.75) is 12.3 Å². The highest BCUT2D eigenvalue weighted by Crippen LogP contribution is 2.39. The third kappa shape index (κ3) is 3.80. The summed E-state index contributed by atoms with van der Waals surface area (Å²) in [4.78, 5) is 28.6. The number of fused-ring (bicyclic) bond motifs is 1. The van der Waals surface area contributed by atoms with Gasteiger partial charge in [0.25, 0.3) is 5.91 Å². The monoisotopic (exact) mass is 391 g/mol. The van der Waals surface area contributed by atoms with Crippen LogP contribution >= 0.6 is 0 Å². The number of carbonyl (C=O) groups is 2. The maximum atomic E-state index is 13.8. The second kappa shape index (κ2) is 7.71. The van der Waals surface area contributed by atoms with Crippen LogP contribution in [0.2, 0.25) is 0 Å². The summed E-state index contributed by atoms with van der Waals surface area (Å²) < 4.78 is 18.8. The van der Waals surface area contributed by atoms with Crippen molar-refractivity contribution in [3.8, 4) is 5.75 Å². The number of nitrogens with zero attached hydrogens (tertiary/aromatic N) is 1. The molecule has 3 aromatic rings. The minimum atomic E-state index is -0.454. The number of aromatic nitrogens is 1. The number of anilines is 2. The molecule has 2 aromatic carbocycles. The topological polar surface area (TPSA) is 80.3 Å². The van der Waals surface area contributed by atoms with Gasteiger partial charge in [0.1, 0.15) is 0 Å². The zero-order valence-electron chi connectivity index (χ0n) is 15.6. The lowest BCUT2D eigenvalue weighted by Gasteiger charge is -2.27. The molecule has 0 saturated carbocycles. The van der Waals surface area contributed by atoms with Crippen molar-refractivity contribution in [1.82, 2.24) is 4.98 Å². The van der Waals surface area contributed by atoms with Crippen LogP contribution in [0.15, 0.2) is 60.9 Å². The molecule has 7 heteroatoms. The Labute approximate surface area is 166 Å². The van der Waals surface area contributed by atoms with Crippen molar-refractivity contribution >= 4 is 23.2 Å². The van der Waals surface area contributed by atoms with E-state index in [1.807, 2.05) is 6.07 Å². The molecule has 0 bridgehead atoms. The average molecular weight is 391 g/mol. The first-order chi connectivity index (χ1) is 14.0. The number of methoxy groups -OCH3 is 1. The fourth-order valence-electron chi connectivity index (χ4n) is 3.43. The van der Waals surface area contributed by atoms with Crippen LogP contribution in [0.4, 0.5) is 15.8 Å². The Morgan fingerprint density at radius 2 is 2.10 bits per heavy atom. The van der Waals surface area contributed by atoms with E-state index in [0.717, 1.165) is 11.1 Å². The van der Waals surface area contributed by atoms with Gasteiger partial charge in [-0.3, -0.25) is 14.6 Å². The molecule has 0 unspecified atom stereocenters. The molecule has 0 radical (unpaired) electrons. The summed E-state index contributed by atoms with van der Waals surface area (Å²) >= 11 is 0. The van der Waals surface area contributed by atoms with Crippen LogP contribution in [0.1, 0.15) is 33.8 Å². The van der Waals surface area contributed by atoms with Gasteiger partial charge in [0.2, 0.25) is 5.91 Å². The van der Waals surface area contributed by atoms with Crippen molar-refractivity contribution in [1.29, 1.82) is 0 Å². The summed E-state index contributed by atoms with van der Waals surface area (Å²) in [6.07, 6.45) is 3.31. The smallest absolute Gasteiger partial charge is 0.257 e. The number of amides is 2. The summed E-state index contributed by atoms with van der Waals surface area (Å²) in [5.41, 5.74) is 3.27. The van der Waals surface area contributed by atoms with Crippen molar-refractivity contribution in [3.63, 3.8) is 0 Å². The normalized spacial score (nSPS) is 15.2. The summed E-state index contributed by atoms with van der Waals surface area (Å²) in [5.74, 6) is -1.00. The quantitative estimate of drug-likeness (QED) is 0.706. The fourth-order valence-corrected chi connectivity index (χ4v) is 3.43. The minimum absolute atomic E-state index is 0.135. The van der Waals surface area contributed by atoms with Crippen LogP contribution < -0.4 is 15.4 Å². The Morgan fingerprint density at radius 1 is 1.24 bits per heavy atom. The van der Waals surface area contributed by atoms with Gasteiger partial charge in [0.05, 0.1) is 12.7 Å². The number of carbonyl (C=O) groups excluding carboxylic acids is 2. The van der Waals surface area contributed by atoms with E-state index < -0.39 is 5.82 Å². The Bertz CT molecular complexity index is 1090. The fraction of sp³-hybridized carbons (Fsp3) is 0.136. The first-order valence-electron chi connectivity index (χ1n) is 9.04. The molecule has 0 aliphatic carbocycles. The van der Waals surface area contributed by atoms with E-state index in [-0.39, 0.29) is 29.9 Å². The Hall–Kier alpha value is -3.74. The van der Waals surface area contributed by atoms with Crippen molar-refractivity contribution in [2.75, 3.05) is 17.7 Å². The molecule has 6 nitrogen and oxygen atoms in total. The highest BCUT2D eigenvalue weighted by molar-refractivity contribution is 6.05. The van der Waals surface area contributed by atoms with Gasteiger partial charge in [-0.05, 0) is 47.5 Å². The zero-order valence-corrected chi connectivity index (χ0v) is 15.6. The lowest BCUT2D eigenvalue weighted by molar-refractivity contribution is -0.116. The maximum absolute atomic E-state index is 13.8. The largest absolute Gasteiger partial charge is 0.494 e. The Balaban J connectivity index is 1.64. The molecule has 4 rings (SSSR count). The molecule has 0 spiro atoms. The van der Waals surface area contributed by atoms with Gasteiger partial charge in [-0.25, -0.2) is 4.39 Å². The molecular formula is C22H18FN3O3. The average Bonchev–Trinajstić information content (AvgIpc) is 2.74. The molecule has 0 fully saturated rings. The number of halogens is 1. The molecule has 29 heavy (non-hydrogen) atoms. The maximum Gasteiger partial charge on any atom is 0.257 e. The van der Waals surface area contributed by atoms with Crippen LogP contribution in [0, 0.1) is 5.82 Å². The van der Waals surface area contributed by atoms with Crippen LogP contribution in [-0.2, 0) is 4.79 Å². The molecule has 2 heterocycles. The van der Waals surface area contributed by atoms with Gasteiger partial charge in [0, 0.05) is 36.1 Å². The third-order valence-electron chi connectivity index (χ3n) is 4.85. The number of hydrogen-bond acceptors (Lipinski definition) is 4. The van der Waals surface area contributed by atoms with Gasteiger partial charge in [-0.2, -0.15) is 0 Å². The van der Waals surface area contributed by atoms with Crippen LogP contribution in [0.25, 0.3) is 0 Å². The molecule has 1 aromatic heterocycles. The Morgan fingerprint density at radius 3 is 2.86 bits per heavy atom. The van der Waals surface area contributed by atoms with E-state index >= 15 is 0 Å². The van der Waals surface area contributed by atoms with E-state index in [0.29, 0.717) is 16.9 Å². The first-order valence-corrected chi connectivity index (χ1v) is 9.04. The summed E-state index contributed by atoms with van der Waals surface area (Å²) in [6, 6.07) is 13.3. The number of rotatable bonds is 4. The van der Waals surface area contributed by atoms with Gasteiger partial charge >= 0.3 is 0 Å². The van der Waals surface area contributed by atoms with Crippen molar-refractivity contribution in [2.24, 2.45) is 0 Å². The van der Waals surface area contributed by atoms with Crippen LogP contribution in [0.5, 0.6) is 5.75 Å². The second-order valence-corrected chi connectivity index (χ2v) is 6.70. The SMILES string of the molecule is COc1cc([C@@H]2CC(=O)Nc3cc(NC(=O)c4cccnc4)ccc32)ccc1F. The van der Waals surface area contributed by atoms with E-state index in [1.165, 1.54) is 19.4 Å². The van der Waals surface area contributed by atoms with Crippen molar-refractivity contribution in [3.05, 3.63) is 83.4 Å². The lowest BCUT2D eigenvalue weighted by atomic mass is 9.84. The standard InChI is InChI=1S/C22H18FN3O3/c1-29-20-9-13(4-7-18(20)23)17-11-21(27)26-19-10-15(5-6-16(17)19)25-22(28)14-3-2-8-24-12-14/h2-10,12,17H,11H2,1H3,(H,25,28)(H,26,27)/t17-/m0/s1. The molecule has 146 valence electrons. The third-order valence-corrected chi connectivity index (χ3v) is 4.85. The zero-order chi connectivity index (χ0) is 20.4. The van der Waals surface area contributed by atoms with Crippen LogP contribution in [0.3, 0.4) is 0 Å². The van der Waals surface area contributed by atoms with Gasteiger partial charge in [-0.15, -0.1) is 0 Å². The van der Waals surface area contributed by atoms with E-state index in [2.05, 4.69) is 15.6 Å². The van der Waals surface area contributed by atoms with E-state index in [9.17, 15) is 14.0 Å². The summed E-state index contributed by atoms with van der Waals surface area (Å²) in [5, 5.41) is 5.65. The molecule has 2 amide bonds. The number of hydrogen-bond donors (Lipinski definition) is 2. The second-order valence-electron chi connectivity index (χ2n) is 6.70. The number of ether oxygens (including phenoxy) is 1. The van der Waals surface area contributed by atoms with E-state index in [4.69, 9.17) is 4.74 Å². The number of pyridine rings is 1. The van der Waals surface area contributed by atoms with Crippen molar-refractivity contribution < 1.29 is 18.7 Å². The first kappa shape index (κ1) is 18.6. The predicted molar refractivity (Wildman–Crippen MR) is 107 cm³/mol. The van der Waals surface area contributed by atoms with Gasteiger partial charge in [0.15, 0.2) is 11.6 Å². The predicted octanol–water partition coefficient (Wildman–Crippen LogP) is 3.96. The molecule has 0 saturated heterocycles.